The van der Waals surface area contributed by atoms with Gasteiger partial charge in [0, 0.05) is 10.3 Å². The van der Waals surface area contributed by atoms with Crippen LogP contribution in [0.25, 0.3) is 11.2 Å². The van der Waals surface area contributed by atoms with Gasteiger partial charge >= 0.3 is 5.69 Å². The van der Waals surface area contributed by atoms with Crippen molar-refractivity contribution in [2.45, 2.75) is 42.5 Å². The van der Waals surface area contributed by atoms with Gasteiger partial charge in [0.1, 0.15) is 6.54 Å². The van der Waals surface area contributed by atoms with Crippen LogP contribution < -0.4 is 15.5 Å². The van der Waals surface area contributed by atoms with E-state index in [0.717, 1.165) is 22.2 Å². The van der Waals surface area contributed by atoms with E-state index < -0.39 is 0 Å². The Labute approximate surface area is 153 Å². The fraction of sp³-hybridized carbons (Fsp3) is 0.333. The Balaban J connectivity index is 1.76. The average Bonchev–Trinajstić information content (AvgIpc) is 3.24. The zero-order valence-electron chi connectivity index (χ0n) is 13.5. The maximum Gasteiger partial charge on any atom is 0.526 e. The van der Waals surface area contributed by atoms with Gasteiger partial charge in [-0.25, -0.2) is 0 Å². The number of hydrogen-bond donors (Lipinski definition) is 0. The van der Waals surface area contributed by atoms with Gasteiger partial charge in [-0.05, 0) is 47.0 Å². The van der Waals surface area contributed by atoms with Crippen LogP contribution in [0.4, 0.5) is 0 Å². The molecule has 1 aliphatic carbocycles. The first-order valence-electron chi connectivity index (χ1n) is 8.46. The fourth-order valence-corrected chi connectivity index (χ4v) is 5.50. The molecule has 0 amide bonds. The normalized spacial score (nSPS) is 19.2. The maximum absolute atomic E-state index is 13.0. The number of aromatic nitrogens is 4. The molecule has 2 aliphatic rings. The summed E-state index contributed by atoms with van der Waals surface area (Å²) in [6.07, 6.45) is 6.20. The van der Waals surface area contributed by atoms with Crippen molar-refractivity contribution in [3.05, 3.63) is 56.9 Å². The van der Waals surface area contributed by atoms with Crippen LogP contribution in [0.3, 0.4) is 0 Å². The van der Waals surface area contributed by atoms with E-state index in [2.05, 4.69) is 10.1 Å². The molecular weight excluding hydrogens is 356 g/mol. The van der Waals surface area contributed by atoms with E-state index in [9.17, 15) is 4.79 Å². The van der Waals surface area contributed by atoms with Crippen molar-refractivity contribution in [2.24, 2.45) is 0 Å². The Hall–Kier alpha value is -1.92. The summed E-state index contributed by atoms with van der Waals surface area (Å²) in [4.78, 5) is 17.4. The van der Waals surface area contributed by atoms with Gasteiger partial charge in [-0.15, -0.1) is 0 Å². The summed E-state index contributed by atoms with van der Waals surface area (Å²) in [7, 11) is 0. The highest BCUT2D eigenvalue weighted by Gasteiger charge is 2.36. The highest BCUT2D eigenvalue weighted by atomic mass is 35.5. The van der Waals surface area contributed by atoms with E-state index in [-0.39, 0.29) is 5.69 Å². The SMILES string of the molecule is O=c1n2ncnc2c2c([n+]1Cc1ccc(Cl)cc1)SC1CCCCC=21. The van der Waals surface area contributed by atoms with Crippen LogP contribution in [0.2, 0.25) is 5.02 Å². The number of benzene rings is 1. The van der Waals surface area contributed by atoms with Crippen molar-refractivity contribution in [3.63, 3.8) is 0 Å². The first-order valence-corrected chi connectivity index (χ1v) is 9.72. The lowest BCUT2D eigenvalue weighted by Gasteiger charge is -2.18. The zero-order valence-corrected chi connectivity index (χ0v) is 15.1. The Kier molecular flexibility index (Phi) is 3.57. The quantitative estimate of drug-likeness (QED) is 0.510. The van der Waals surface area contributed by atoms with Crippen molar-refractivity contribution in [1.29, 1.82) is 0 Å². The second kappa shape index (κ2) is 5.81. The van der Waals surface area contributed by atoms with Crippen LogP contribution in [0, 0.1) is 0 Å². The smallest absolute Gasteiger partial charge is 0.194 e. The molecule has 1 fully saturated rings. The van der Waals surface area contributed by atoms with Crippen molar-refractivity contribution < 1.29 is 4.57 Å². The third-order valence-electron chi connectivity index (χ3n) is 5.02. The molecule has 1 unspecified atom stereocenters. The van der Waals surface area contributed by atoms with E-state index in [1.807, 2.05) is 40.6 Å². The molecule has 1 aromatic carbocycles. The lowest BCUT2D eigenvalue weighted by atomic mass is 9.93. The van der Waals surface area contributed by atoms with Gasteiger partial charge in [0.25, 0.3) is 5.65 Å². The first-order chi connectivity index (χ1) is 12.2. The van der Waals surface area contributed by atoms with Gasteiger partial charge in [-0.3, -0.25) is 0 Å². The van der Waals surface area contributed by atoms with Crippen molar-refractivity contribution >= 4 is 34.6 Å². The number of halogens is 1. The largest absolute Gasteiger partial charge is 0.526 e. The van der Waals surface area contributed by atoms with Crippen LogP contribution >= 0.6 is 23.4 Å². The van der Waals surface area contributed by atoms with Crippen LogP contribution in [-0.2, 0) is 6.54 Å². The summed E-state index contributed by atoms with van der Waals surface area (Å²) < 4.78 is 3.29. The summed E-state index contributed by atoms with van der Waals surface area (Å²) in [5.74, 6) is 0. The van der Waals surface area contributed by atoms with Crippen molar-refractivity contribution in [3.8, 4) is 0 Å². The Morgan fingerprint density at radius 2 is 2.12 bits per heavy atom. The van der Waals surface area contributed by atoms with E-state index in [1.54, 1.807) is 0 Å². The molecule has 7 heteroatoms. The van der Waals surface area contributed by atoms with Gasteiger partial charge in [-0.2, -0.15) is 14.3 Å². The highest BCUT2D eigenvalue weighted by molar-refractivity contribution is 8.00. The minimum atomic E-state index is -0.132. The molecule has 5 nitrogen and oxygen atoms in total. The van der Waals surface area contributed by atoms with Crippen LogP contribution in [0.1, 0.15) is 31.2 Å². The zero-order chi connectivity index (χ0) is 17.0. The minimum absolute atomic E-state index is 0.132. The summed E-state index contributed by atoms with van der Waals surface area (Å²) in [6.45, 7) is 0.515. The molecule has 0 saturated heterocycles. The predicted octanol–water partition coefficient (Wildman–Crippen LogP) is 2.00. The fourth-order valence-electron chi connectivity index (χ4n) is 3.83. The second-order valence-electron chi connectivity index (χ2n) is 6.55. The molecule has 25 heavy (non-hydrogen) atoms. The minimum Gasteiger partial charge on any atom is -0.194 e. The molecule has 1 aliphatic heterocycles. The molecule has 0 spiro atoms. The topological polar surface area (TPSA) is 51.1 Å². The van der Waals surface area contributed by atoms with Crippen LogP contribution in [0.15, 0.2) is 40.4 Å². The van der Waals surface area contributed by atoms with Gasteiger partial charge in [0.05, 0.1) is 5.22 Å². The van der Waals surface area contributed by atoms with E-state index in [0.29, 0.717) is 22.5 Å². The van der Waals surface area contributed by atoms with Gasteiger partial charge in [0.15, 0.2) is 11.4 Å². The van der Waals surface area contributed by atoms with Crippen LogP contribution in [-0.4, -0.2) is 19.8 Å². The summed E-state index contributed by atoms with van der Waals surface area (Å²) in [6, 6.07) is 7.65. The van der Waals surface area contributed by atoms with Gasteiger partial charge < -0.3 is 0 Å². The molecule has 2 aromatic heterocycles. The summed E-state index contributed by atoms with van der Waals surface area (Å²) >= 11 is 7.81. The molecule has 0 N–H and O–H groups in total. The molecule has 3 heterocycles. The van der Waals surface area contributed by atoms with Crippen molar-refractivity contribution in [2.75, 3.05) is 0 Å². The monoisotopic (exact) mass is 371 g/mol. The molecule has 0 radical (unpaired) electrons. The molecular formula is C18H16ClN4OS+. The third-order valence-corrected chi connectivity index (χ3v) is 6.73. The second-order valence-corrected chi connectivity index (χ2v) is 8.18. The number of nitrogens with zero attached hydrogens (tertiary/aromatic N) is 4. The lowest BCUT2D eigenvalue weighted by Crippen LogP contribution is -2.57. The van der Waals surface area contributed by atoms with Crippen molar-refractivity contribution in [1.82, 2.24) is 14.6 Å². The Bertz CT molecular complexity index is 1090. The van der Waals surface area contributed by atoms with Crippen LogP contribution in [0.5, 0.6) is 0 Å². The van der Waals surface area contributed by atoms with Gasteiger partial charge in [-0.1, -0.05) is 47.0 Å². The molecule has 0 bridgehead atoms. The van der Waals surface area contributed by atoms with E-state index in [1.165, 1.54) is 35.7 Å². The lowest BCUT2D eigenvalue weighted by molar-refractivity contribution is -0.742. The molecule has 1 saturated carbocycles. The number of fused-ring (bicyclic) bond motifs is 4. The summed E-state index contributed by atoms with van der Waals surface area (Å²) in [5.41, 5.74) is 3.06. The van der Waals surface area contributed by atoms with E-state index in [4.69, 9.17) is 11.6 Å². The molecule has 1 atom stereocenters. The third kappa shape index (κ3) is 2.39. The van der Waals surface area contributed by atoms with E-state index >= 15 is 0 Å². The number of thioether (sulfide) groups is 1. The number of rotatable bonds is 2. The average molecular weight is 372 g/mol. The first kappa shape index (κ1) is 15.3. The highest BCUT2D eigenvalue weighted by Crippen LogP contribution is 2.39. The van der Waals surface area contributed by atoms with Gasteiger partial charge in [0.2, 0.25) is 0 Å². The maximum atomic E-state index is 13.0. The number of hydrogen-bond acceptors (Lipinski definition) is 4. The summed E-state index contributed by atoms with van der Waals surface area (Å²) in [5, 5.41) is 7.53. The Morgan fingerprint density at radius 1 is 1.28 bits per heavy atom. The standard InChI is InChI=1S/C18H16ClN4OS/c19-12-7-5-11(6-8-12)9-22-17-15(13-3-1-2-4-14(13)25-17)16-20-10-21-23(16)18(22)24/h5-8,10,14H,1-4,9H2/q+1. The molecule has 3 aromatic rings. The predicted molar refractivity (Wildman–Crippen MR) is 96.7 cm³/mol. The molecule has 126 valence electrons. The Morgan fingerprint density at radius 3 is 2.96 bits per heavy atom. The molecule has 5 rings (SSSR count).